The number of hydrogen-bond acceptors (Lipinski definition) is 5. The lowest BCUT2D eigenvalue weighted by Gasteiger charge is -2.12. The van der Waals surface area contributed by atoms with E-state index in [2.05, 4.69) is 30.1 Å². The highest BCUT2D eigenvalue weighted by molar-refractivity contribution is 7.07. The molecule has 0 bridgehead atoms. The van der Waals surface area contributed by atoms with Crippen LogP contribution in [0.25, 0.3) is 0 Å². The summed E-state index contributed by atoms with van der Waals surface area (Å²) in [4.78, 5) is 4.39. The van der Waals surface area contributed by atoms with Gasteiger partial charge in [0.15, 0.2) is 5.82 Å². The highest BCUT2D eigenvalue weighted by atomic mass is 32.1. The Labute approximate surface area is 111 Å². The van der Waals surface area contributed by atoms with Gasteiger partial charge >= 0.3 is 0 Å². The largest absolute Gasteiger partial charge is 0.430 e. The fourth-order valence-electron chi connectivity index (χ4n) is 1.44. The second-order valence-electron chi connectivity index (χ2n) is 5.26. The number of aryl methyl sites for hydroxylation is 1. The Morgan fingerprint density at radius 2 is 2.00 bits per heavy atom. The van der Waals surface area contributed by atoms with Crippen molar-refractivity contribution in [3.8, 4) is 10.9 Å². The Hall–Kier alpha value is -1.62. The third-order valence-corrected chi connectivity index (χ3v) is 3.07. The van der Waals surface area contributed by atoms with Crippen molar-refractivity contribution in [2.24, 2.45) is 0 Å². The fraction of sp³-hybridized carbons (Fsp3) is 0.385. The molecule has 0 radical (unpaired) electrons. The second-order valence-corrected chi connectivity index (χ2v) is 5.98. The van der Waals surface area contributed by atoms with Crippen LogP contribution in [0.4, 0.5) is 5.69 Å². The minimum atomic E-state index is -0.0612. The van der Waals surface area contributed by atoms with E-state index in [0.717, 1.165) is 22.8 Å². The Balaban J connectivity index is 2.21. The number of hydrogen-bond donors (Lipinski definition) is 1. The summed E-state index contributed by atoms with van der Waals surface area (Å²) in [5, 5.41) is 0.563. The molecule has 2 aromatic rings. The molecule has 1 heterocycles. The molecular weight excluding hydrogens is 246 g/mol. The molecule has 0 spiro atoms. The minimum Gasteiger partial charge on any atom is -0.430 e. The zero-order valence-electron chi connectivity index (χ0n) is 11.0. The summed E-state index contributed by atoms with van der Waals surface area (Å²) in [6.07, 6.45) is 0. The normalized spacial score (nSPS) is 11.6. The van der Waals surface area contributed by atoms with Crippen molar-refractivity contribution in [2.45, 2.75) is 33.1 Å². The van der Waals surface area contributed by atoms with Crippen LogP contribution >= 0.6 is 11.5 Å². The molecule has 0 saturated carbocycles. The Morgan fingerprint density at radius 3 is 2.56 bits per heavy atom. The molecule has 0 amide bonds. The molecule has 1 aromatic heterocycles. The molecule has 2 N–H and O–H groups in total. The molecule has 0 aliphatic heterocycles. The third kappa shape index (κ3) is 2.79. The van der Waals surface area contributed by atoms with Gasteiger partial charge in [0.2, 0.25) is 0 Å². The Kier molecular flexibility index (Phi) is 3.26. The zero-order chi connectivity index (χ0) is 13.3. The molecule has 2 rings (SSSR count). The highest BCUT2D eigenvalue weighted by Gasteiger charge is 2.20. The van der Waals surface area contributed by atoms with Gasteiger partial charge in [0, 0.05) is 22.6 Å². The summed E-state index contributed by atoms with van der Waals surface area (Å²) in [5.74, 6) is 1.57. The van der Waals surface area contributed by atoms with Crippen LogP contribution < -0.4 is 10.5 Å². The van der Waals surface area contributed by atoms with Gasteiger partial charge < -0.3 is 10.5 Å². The molecule has 0 aliphatic carbocycles. The summed E-state index contributed by atoms with van der Waals surface area (Å²) in [7, 11) is 0. The SMILES string of the molecule is Cc1cc(N)ccc1Oc1nc(C(C)(C)C)ns1. The van der Waals surface area contributed by atoms with Crippen LogP contribution in [0.5, 0.6) is 10.9 Å². The van der Waals surface area contributed by atoms with Gasteiger partial charge in [-0.25, -0.2) is 0 Å². The monoisotopic (exact) mass is 263 g/mol. The molecule has 0 atom stereocenters. The van der Waals surface area contributed by atoms with Crippen LogP contribution in [0.15, 0.2) is 18.2 Å². The maximum atomic E-state index is 5.73. The van der Waals surface area contributed by atoms with E-state index in [0.29, 0.717) is 5.19 Å². The predicted molar refractivity (Wildman–Crippen MR) is 74.3 cm³/mol. The van der Waals surface area contributed by atoms with Gasteiger partial charge in [-0.3, -0.25) is 0 Å². The molecule has 0 saturated heterocycles. The van der Waals surface area contributed by atoms with E-state index < -0.39 is 0 Å². The first-order chi connectivity index (χ1) is 8.36. The van der Waals surface area contributed by atoms with Crippen molar-refractivity contribution in [3.63, 3.8) is 0 Å². The topological polar surface area (TPSA) is 61.0 Å². The average molecular weight is 263 g/mol. The van der Waals surface area contributed by atoms with Crippen molar-refractivity contribution in [3.05, 3.63) is 29.6 Å². The summed E-state index contributed by atoms with van der Waals surface area (Å²) >= 11 is 1.27. The number of ether oxygens (including phenoxy) is 1. The van der Waals surface area contributed by atoms with Gasteiger partial charge in [0.05, 0.1) is 0 Å². The van der Waals surface area contributed by atoms with Crippen molar-refractivity contribution < 1.29 is 4.74 Å². The fourth-order valence-corrected chi connectivity index (χ4v) is 2.17. The van der Waals surface area contributed by atoms with Gasteiger partial charge in [0.25, 0.3) is 5.19 Å². The molecular formula is C13H17N3OS. The molecule has 5 heteroatoms. The highest BCUT2D eigenvalue weighted by Crippen LogP contribution is 2.30. The van der Waals surface area contributed by atoms with Crippen LogP contribution in [-0.4, -0.2) is 9.36 Å². The zero-order valence-corrected chi connectivity index (χ0v) is 11.8. The molecule has 0 fully saturated rings. The maximum absolute atomic E-state index is 5.73. The number of nitrogens with zero attached hydrogens (tertiary/aromatic N) is 2. The van der Waals surface area contributed by atoms with E-state index in [4.69, 9.17) is 10.5 Å². The van der Waals surface area contributed by atoms with Crippen molar-refractivity contribution >= 4 is 17.2 Å². The van der Waals surface area contributed by atoms with E-state index in [9.17, 15) is 0 Å². The van der Waals surface area contributed by atoms with Gasteiger partial charge in [-0.1, -0.05) is 20.8 Å². The van der Waals surface area contributed by atoms with E-state index in [1.165, 1.54) is 11.5 Å². The first kappa shape index (κ1) is 12.8. The van der Waals surface area contributed by atoms with E-state index >= 15 is 0 Å². The van der Waals surface area contributed by atoms with Gasteiger partial charge in [0.1, 0.15) is 5.75 Å². The van der Waals surface area contributed by atoms with Crippen molar-refractivity contribution in [1.29, 1.82) is 0 Å². The third-order valence-electron chi connectivity index (χ3n) is 2.47. The van der Waals surface area contributed by atoms with Gasteiger partial charge in [-0.05, 0) is 30.7 Å². The lowest BCUT2D eigenvalue weighted by Crippen LogP contribution is -2.12. The first-order valence-corrected chi connectivity index (χ1v) is 6.52. The van der Waals surface area contributed by atoms with Gasteiger partial charge in [-0.2, -0.15) is 9.36 Å². The van der Waals surface area contributed by atoms with E-state index in [1.54, 1.807) is 0 Å². The molecule has 1 aromatic carbocycles. The quantitative estimate of drug-likeness (QED) is 0.842. The number of aromatic nitrogens is 2. The Bertz CT molecular complexity index is 558. The lowest BCUT2D eigenvalue weighted by molar-refractivity contribution is 0.465. The number of nitrogens with two attached hydrogens (primary N) is 1. The summed E-state index contributed by atoms with van der Waals surface area (Å²) in [5.41, 5.74) is 7.36. The van der Waals surface area contributed by atoms with Crippen LogP contribution in [0.2, 0.25) is 0 Å². The molecule has 96 valence electrons. The maximum Gasteiger partial charge on any atom is 0.298 e. The number of anilines is 1. The van der Waals surface area contributed by atoms with Crippen LogP contribution in [0, 0.1) is 6.92 Å². The number of benzene rings is 1. The molecule has 0 aliphatic rings. The minimum absolute atomic E-state index is 0.0612. The van der Waals surface area contributed by atoms with Crippen LogP contribution in [0.3, 0.4) is 0 Å². The molecule has 4 nitrogen and oxygen atoms in total. The van der Waals surface area contributed by atoms with Crippen molar-refractivity contribution in [2.75, 3.05) is 5.73 Å². The van der Waals surface area contributed by atoms with E-state index in [1.807, 2.05) is 25.1 Å². The lowest BCUT2D eigenvalue weighted by atomic mass is 9.96. The first-order valence-electron chi connectivity index (χ1n) is 5.74. The Morgan fingerprint density at radius 1 is 1.28 bits per heavy atom. The standard InChI is InChI=1S/C13H17N3OS/c1-8-7-9(14)5-6-10(8)17-12-15-11(16-18-12)13(2,3)4/h5-7H,14H2,1-4H3. The van der Waals surface area contributed by atoms with E-state index in [-0.39, 0.29) is 5.41 Å². The van der Waals surface area contributed by atoms with Crippen molar-refractivity contribution in [1.82, 2.24) is 9.36 Å². The second kappa shape index (κ2) is 4.57. The predicted octanol–water partition coefficient (Wildman–Crippen LogP) is 3.52. The molecule has 0 unspecified atom stereocenters. The van der Waals surface area contributed by atoms with Gasteiger partial charge in [-0.15, -0.1) is 0 Å². The average Bonchev–Trinajstić information content (AvgIpc) is 2.70. The molecule has 18 heavy (non-hydrogen) atoms. The summed E-state index contributed by atoms with van der Waals surface area (Å²) in [6.45, 7) is 8.19. The number of nitrogen functional groups attached to an aromatic ring is 1. The summed E-state index contributed by atoms with van der Waals surface area (Å²) in [6, 6.07) is 5.54. The van der Waals surface area contributed by atoms with Crippen LogP contribution in [0.1, 0.15) is 32.2 Å². The van der Waals surface area contributed by atoms with Crippen LogP contribution in [-0.2, 0) is 5.41 Å². The number of rotatable bonds is 2. The summed E-state index contributed by atoms with van der Waals surface area (Å²) < 4.78 is 10.0. The smallest absolute Gasteiger partial charge is 0.298 e.